The second-order valence-corrected chi connectivity index (χ2v) is 6.05. The summed E-state index contributed by atoms with van der Waals surface area (Å²) in [5, 5.41) is 17.9. The molecule has 0 amide bonds. The molecule has 0 saturated heterocycles. The van der Waals surface area contributed by atoms with Crippen LogP contribution in [0.4, 0.5) is 17.7 Å². The van der Waals surface area contributed by atoms with E-state index in [0.29, 0.717) is 34.1 Å². The summed E-state index contributed by atoms with van der Waals surface area (Å²) in [5.41, 5.74) is 8.77. The van der Waals surface area contributed by atoms with E-state index in [0.717, 1.165) is 25.9 Å². The third-order valence-corrected chi connectivity index (χ3v) is 4.16. The number of oxazole rings is 1. The Hall–Kier alpha value is -3.20. The summed E-state index contributed by atoms with van der Waals surface area (Å²) in [7, 11) is 3.67. The van der Waals surface area contributed by atoms with E-state index in [1.165, 1.54) is 6.33 Å². The minimum atomic E-state index is 0.238. The van der Waals surface area contributed by atoms with Crippen LogP contribution in [0.25, 0.3) is 11.1 Å². The van der Waals surface area contributed by atoms with Crippen molar-refractivity contribution in [1.82, 2.24) is 20.3 Å². The highest BCUT2D eigenvalue weighted by molar-refractivity contribution is 6.17. The smallest absolute Gasteiger partial charge is 0.295 e. The van der Waals surface area contributed by atoms with Crippen LogP contribution < -0.4 is 21.7 Å². The third kappa shape index (κ3) is 4.14. The summed E-state index contributed by atoms with van der Waals surface area (Å²) in [6.45, 7) is 1.70. The average Bonchev–Trinajstić information content (AvgIpc) is 3.10. The van der Waals surface area contributed by atoms with E-state index < -0.39 is 0 Å². The van der Waals surface area contributed by atoms with E-state index >= 15 is 0 Å². The lowest BCUT2D eigenvalue weighted by Gasteiger charge is -2.13. The predicted octanol–water partition coefficient (Wildman–Crippen LogP) is 2.07. The van der Waals surface area contributed by atoms with Gasteiger partial charge in [-0.05, 0) is 44.6 Å². The molecule has 3 rings (SSSR count). The first-order chi connectivity index (χ1) is 13.1. The summed E-state index contributed by atoms with van der Waals surface area (Å²) in [4.78, 5) is 12.7. The van der Waals surface area contributed by atoms with Crippen molar-refractivity contribution >= 4 is 34.5 Å². The number of anilines is 3. The number of nitrogens with two attached hydrogens (primary N) is 1. The largest absolute Gasteiger partial charge is 0.424 e. The van der Waals surface area contributed by atoms with Gasteiger partial charge in [0.15, 0.2) is 5.58 Å². The minimum absolute atomic E-state index is 0.238. The van der Waals surface area contributed by atoms with Crippen molar-refractivity contribution < 1.29 is 4.42 Å². The molecule has 6 N–H and O–H groups in total. The molecular weight excluding hydrogens is 344 g/mol. The molecule has 0 fully saturated rings. The molecular formula is C18H24N8O. The molecule has 1 aromatic carbocycles. The topological polar surface area (TPSA) is 138 Å². The fourth-order valence-corrected chi connectivity index (χ4v) is 2.75. The number of nitrogens with zero attached hydrogens (tertiary/aromatic N) is 3. The Kier molecular flexibility index (Phi) is 5.82. The molecule has 0 bridgehead atoms. The number of nitrogens with one attached hydrogen (secondary N) is 4. The van der Waals surface area contributed by atoms with Gasteiger partial charge in [-0.15, -0.1) is 0 Å². The Morgan fingerprint density at radius 1 is 1.19 bits per heavy atom. The van der Waals surface area contributed by atoms with E-state index in [1.807, 2.05) is 7.05 Å². The molecule has 27 heavy (non-hydrogen) atoms. The van der Waals surface area contributed by atoms with Crippen LogP contribution in [0, 0.1) is 5.41 Å². The van der Waals surface area contributed by atoms with Crippen molar-refractivity contribution in [3.63, 3.8) is 0 Å². The molecule has 2 heterocycles. The minimum Gasteiger partial charge on any atom is -0.424 e. The maximum absolute atomic E-state index is 8.64. The van der Waals surface area contributed by atoms with Crippen molar-refractivity contribution in [2.24, 2.45) is 0 Å². The highest BCUT2D eigenvalue weighted by Crippen LogP contribution is 2.25. The van der Waals surface area contributed by atoms with E-state index in [2.05, 4.69) is 30.9 Å². The molecule has 0 saturated carbocycles. The lowest BCUT2D eigenvalue weighted by molar-refractivity contribution is 0.620. The van der Waals surface area contributed by atoms with Crippen LogP contribution in [0.5, 0.6) is 0 Å². The van der Waals surface area contributed by atoms with Crippen LogP contribution in [0.1, 0.15) is 24.0 Å². The van der Waals surface area contributed by atoms with Crippen molar-refractivity contribution in [1.29, 1.82) is 5.41 Å². The first-order valence-electron chi connectivity index (χ1n) is 8.80. The number of aromatic nitrogens is 3. The van der Waals surface area contributed by atoms with Gasteiger partial charge in [0.1, 0.15) is 23.5 Å². The Labute approximate surface area is 157 Å². The molecule has 9 heteroatoms. The van der Waals surface area contributed by atoms with Crippen LogP contribution in [-0.2, 0) is 0 Å². The van der Waals surface area contributed by atoms with Crippen LogP contribution in [0.15, 0.2) is 28.9 Å². The molecule has 0 spiro atoms. The van der Waals surface area contributed by atoms with Crippen LogP contribution in [-0.4, -0.2) is 47.8 Å². The van der Waals surface area contributed by atoms with E-state index in [-0.39, 0.29) is 11.5 Å². The zero-order valence-electron chi connectivity index (χ0n) is 15.5. The van der Waals surface area contributed by atoms with E-state index in [4.69, 9.17) is 15.6 Å². The highest BCUT2D eigenvalue weighted by Gasteiger charge is 2.17. The zero-order chi connectivity index (χ0) is 19.2. The molecule has 0 unspecified atom stereocenters. The SMILES string of the molecule is CNCCCCNc1ncnc(N)c1C(=N)c1ccc2oc(NC)nc2c1. The van der Waals surface area contributed by atoms with Gasteiger partial charge in [0.05, 0.1) is 11.3 Å². The maximum atomic E-state index is 8.64. The van der Waals surface area contributed by atoms with Gasteiger partial charge in [-0.3, -0.25) is 5.41 Å². The van der Waals surface area contributed by atoms with Gasteiger partial charge in [-0.25, -0.2) is 9.97 Å². The quantitative estimate of drug-likeness (QED) is 0.286. The Balaban J connectivity index is 1.85. The van der Waals surface area contributed by atoms with E-state index in [1.54, 1.807) is 25.2 Å². The third-order valence-electron chi connectivity index (χ3n) is 4.16. The van der Waals surface area contributed by atoms with Crippen molar-refractivity contribution in [3.05, 3.63) is 35.7 Å². The standard InChI is InChI=1S/C18H24N8O/c1-21-7-3-4-8-23-17-14(16(20)24-10-25-17)15(19)11-5-6-13-12(9-11)26-18(22-2)27-13/h5-6,9-10,19,21H,3-4,7-8H2,1-2H3,(H,22,26)(H3,20,23,24,25). The second-order valence-electron chi connectivity index (χ2n) is 6.05. The second kappa shape index (κ2) is 8.45. The first-order valence-corrected chi connectivity index (χ1v) is 8.80. The molecule has 9 nitrogen and oxygen atoms in total. The van der Waals surface area contributed by atoms with Gasteiger partial charge in [-0.1, -0.05) is 0 Å². The summed E-state index contributed by atoms with van der Waals surface area (Å²) >= 11 is 0. The van der Waals surface area contributed by atoms with Crippen LogP contribution in [0.3, 0.4) is 0 Å². The normalized spacial score (nSPS) is 10.9. The van der Waals surface area contributed by atoms with Gasteiger partial charge in [0.2, 0.25) is 0 Å². The number of benzene rings is 1. The molecule has 0 radical (unpaired) electrons. The van der Waals surface area contributed by atoms with E-state index in [9.17, 15) is 0 Å². The molecule has 2 aromatic heterocycles. The molecule has 0 atom stereocenters. The number of fused-ring (bicyclic) bond motifs is 1. The number of nitrogen functional groups attached to an aromatic ring is 1. The van der Waals surface area contributed by atoms with Gasteiger partial charge in [0.25, 0.3) is 6.01 Å². The predicted molar refractivity (Wildman–Crippen MR) is 108 cm³/mol. The Morgan fingerprint density at radius 3 is 2.78 bits per heavy atom. The maximum Gasteiger partial charge on any atom is 0.295 e. The molecule has 142 valence electrons. The Bertz CT molecular complexity index is 936. The van der Waals surface area contributed by atoms with Crippen LogP contribution in [0.2, 0.25) is 0 Å². The molecule has 0 aliphatic carbocycles. The van der Waals surface area contributed by atoms with Gasteiger partial charge >= 0.3 is 0 Å². The highest BCUT2D eigenvalue weighted by atomic mass is 16.4. The van der Waals surface area contributed by atoms with Gasteiger partial charge < -0.3 is 26.1 Å². The lowest BCUT2D eigenvalue weighted by Crippen LogP contribution is -2.15. The van der Waals surface area contributed by atoms with Crippen molar-refractivity contribution in [2.45, 2.75) is 12.8 Å². The lowest BCUT2D eigenvalue weighted by atomic mass is 10.0. The van der Waals surface area contributed by atoms with Crippen molar-refractivity contribution in [2.75, 3.05) is 43.6 Å². The summed E-state index contributed by atoms with van der Waals surface area (Å²) in [6.07, 6.45) is 3.44. The summed E-state index contributed by atoms with van der Waals surface area (Å²) in [6, 6.07) is 5.82. The summed E-state index contributed by atoms with van der Waals surface area (Å²) < 4.78 is 5.53. The average molecular weight is 368 g/mol. The van der Waals surface area contributed by atoms with Crippen molar-refractivity contribution in [3.8, 4) is 0 Å². The number of rotatable bonds is 9. The molecule has 3 aromatic rings. The number of unbranched alkanes of at least 4 members (excludes halogenated alkanes) is 1. The van der Waals surface area contributed by atoms with Crippen LogP contribution >= 0.6 is 0 Å². The molecule has 0 aliphatic rings. The van der Waals surface area contributed by atoms with Gasteiger partial charge in [-0.2, -0.15) is 4.98 Å². The monoisotopic (exact) mass is 368 g/mol. The first kappa shape index (κ1) is 18.6. The molecule has 0 aliphatic heterocycles. The number of hydrogen-bond donors (Lipinski definition) is 5. The fraction of sp³-hybridized carbons (Fsp3) is 0.333. The van der Waals surface area contributed by atoms with Gasteiger partial charge in [0, 0.05) is 19.2 Å². The summed E-state index contributed by atoms with van der Waals surface area (Å²) in [5.74, 6) is 0.831. The fourth-order valence-electron chi connectivity index (χ4n) is 2.75. The number of hydrogen-bond acceptors (Lipinski definition) is 9. The Morgan fingerprint density at radius 2 is 2.00 bits per heavy atom. The zero-order valence-corrected chi connectivity index (χ0v) is 15.5.